The van der Waals surface area contributed by atoms with Crippen molar-refractivity contribution in [3.05, 3.63) is 139 Å². The van der Waals surface area contributed by atoms with E-state index in [-0.39, 0.29) is 0 Å². The number of hydrogen-bond acceptors (Lipinski definition) is 0. The second-order valence-corrected chi connectivity index (χ2v) is 12.5. The Kier molecular flexibility index (Phi) is 4.36. The van der Waals surface area contributed by atoms with Crippen molar-refractivity contribution in [3.63, 3.8) is 0 Å². The van der Waals surface area contributed by atoms with Crippen molar-refractivity contribution in [1.82, 2.24) is 0 Å². The standard InChI is InChI=1S/C30H24Si/c1-3-13-24(14-4-1)31(26-17-8-9-18-26,25-15-5-2-6-16-25)30-21-11-20-28-27-19-10-7-12-23(27)22-29(28)30/h1-21,26H,22H2. The van der Waals surface area contributed by atoms with Gasteiger partial charge in [-0.3, -0.25) is 0 Å². The molecule has 0 fully saturated rings. The molecule has 0 amide bonds. The summed E-state index contributed by atoms with van der Waals surface area (Å²) in [7, 11) is -2.36. The van der Waals surface area contributed by atoms with E-state index in [1.165, 1.54) is 32.6 Å². The van der Waals surface area contributed by atoms with E-state index < -0.39 is 8.07 Å². The number of rotatable bonds is 4. The van der Waals surface area contributed by atoms with Gasteiger partial charge in [-0.2, -0.15) is 0 Å². The monoisotopic (exact) mass is 412 g/mol. The highest BCUT2D eigenvalue weighted by atomic mass is 28.3. The van der Waals surface area contributed by atoms with Crippen molar-refractivity contribution in [1.29, 1.82) is 0 Å². The minimum Gasteiger partial charge on any atom is -0.0793 e. The summed E-state index contributed by atoms with van der Waals surface area (Å²) in [5.41, 5.74) is 6.19. The Hall–Kier alpha value is -3.42. The molecule has 31 heavy (non-hydrogen) atoms. The molecule has 2 aliphatic rings. The molecule has 0 unspecified atom stereocenters. The van der Waals surface area contributed by atoms with Crippen molar-refractivity contribution in [3.8, 4) is 11.1 Å². The largest absolute Gasteiger partial charge is 0.159 e. The van der Waals surface area contributed by atoms with Crippen LogP contribution in [0.25, 0.3) is 11.1 Å². The average molecular weight is 413 g/mol. The van der Waals surface area contributed by atoms with Crippen LogP contribution < -0.4 is 15.6 Å². The third-order valence-corrected chi connectivity index (χ3v) is 12.2. The van der Waals surface area contributed by atoms with Crippen LogP contribution in [0.1, 0.15) is 11.1 Å². The second kappa shape index (κ2) is 7.37. The summed E-state index contributed by atoms with van der Waals surface area (Å²) < 4.78 is 0. The molecule has 148 valence electrons. The van der Waals surface area contributed by atoms with E-state index in [1.54, 1.807) is 5.19 Å². The Bertz CT molecular complexity index is 1250. The van der Waals surface area contributed by atoms with E-state index in [9.17, 15) is 0 Å². The molecule has 0 saturated carbocycles. The number of allylic oxidation sites excluding steroid dienone is 4. The maximum Gasteiger partial charge on any atom is 0.159 e. The van der Waals surface area contributed by atoms with Crippen molar-refractivity contribution >= 4 is 23.6 Å². The molecule has 6 rings (SSSR count). The average Bonchev–Trinajstić information content (AvgIpc) is 3.50. The fraction of sp³-hybridized carbons (Fsp3) is 0.0667. The van der Waals surface area contributed by atoms with E-state index in [1.807, 2.05) is 0 Å². The first-order valence-electron chi connectivity index (χ1n) is 11.1. The van der Waals surface area contributed by atoms with Gasteiger partial charge in [-0.25, -0.2) is 0 Å². The fourth-order valence-electron chi connectivity index (χ4n) is 5.69. The van der Waals surface area contributed by atoms with Crippen LogP contribution in [0.5, 0.6) is 0 Å². The van der Waals surface area contributed by atoms with Crippen molar-refractivity contribution in [2.75, 3.05) is 0 Å². The van der Waals surface area contributed by atoms with Gasteiger partial charge in [0, 0.05) is 5.54 Å². The zero-order valence-electron chi connectivity index (χ0n) is 17.4. The van der Waals surface area contributed by atoms with Gasteiger partial charge in [0.15, 0.2) is 8.07 Å². The molecular formula is C30H24Si. The Morgan fingerprint density at radius 3 is 1.81 bits per heavy atom. The zero-order valence-corrected chi connectivity index (χ0v) is 18.4. The lowest BCUT2D eigenvalue weighted by atomic mass is 10.1. The zero-order chi connectivity index (χ0) is 20.7. The normalized spacial score (nSPS) is 14.6. The van der Waals surface area contributed by atoms with Crippen LogP contribution in [0.4, 0.5) is 0 Å². The molecule has 0 spiro atoms. The molecule has 2 aliphatic carbocycles. The van der Waals surface area contributed by atoms with Crippen LogP contribution in [0.15, 0.2) is 127 Å². The lowest BCUT2D eigenvalue weighted by molar-refractivity contribution is 1.26. The molecule has 1 heteroatoms. The van der Waals surface area contributed by atoms with Gasteiger partial charge in [-0.1, -0.05) is 127 Å². The Balaban J connectivity index is 1.71. The lowest BCUT2D eigenvalue weighted by Crippen LogP contribution is -2.70. The van der Waals surface area contributed by atoms with Gasteiger partial charge >= 0.3 is 0 Å². The molecule has 0 aromatic heterocycles. The topological polar surface area (TPSA) is 0 Å². The van der Waals surface area contributed by atoms with Crippen LogP contribution in [0.2, 0.25) is 5.54 Å². The maximum atomic E-state index is 2.43. The Morgan fingerprint density at radius 2 is 1.13 bits per heavy atom. The van der Waals surface area contributed by atoms with Crippen LogP contribution in [-0.2, 0) is 6.42 Å². The van der Waals surface area contributed by atoms with Gasteiger partial charge < -0.3 is 0 Å². The minimum atomic E-state index is -2.36. The highest BCUT2D eigenvalue weighted by Crippen LogP contribution is 2.38. The van der Waals surface area contributed by atoms with Crippen LogP contribution in [0, 0.1) is 0 Å². The molecule has 0 saturated heterocycles. The van der Waals surface area contributed by atoms with Crippen molar-refractivity contribution in [2.45, 2.75) is 12.0 Å². The minimum absolute atomic E-state index is 0.396. The highest BCUT2D eigenvalue weighted by Gasteiger charge is 2.47. The van der Waals surface area contributed by atoms with Gasteiger partial charge in [-0.15, -0.1) is 0 Å². The predicted molar refractivity (Wildman–Crippen MR) is 134 cm³/mol. The quantitative estimate of drug-likeness (QED) is 0.280. The van der Waals surface area contributed by atoms with Gasteiger partial charge in [0.2, 0.25) is 0 Å². The van der Waals surface area contributed by atoms with E-state index in [0.29, 0.717) is 5.54 Å². The van der Waals surface area contributed by atoms with Crippen molar-refractivity contribution < 1.29 is 0 Å². The van der Waals surface area contributed by atoms with Gasteiger partial charge in [0.05, 0.1) is 0 Å². The third-order valence-electron chi connectivity index (χ3n) is 6.98. The molecule has 4 aromatic rings. The second-order valence-electron chi connectivity index (χ2n) is 8.50. The molecule has 0 heterocycles. The van der Waals surface area contributed by atoms with Gasteiger partial charge in [0.1, 0.15) is 0 Å². The van der Waals surface area contributed by atoms with E-state index in [0.717, 1.165) is 6.42 Å². The Morgan fingerprint density at radius 1 is 0.548 bits per heavy atom. The fourth-order valence-corrected chi connectivity index (χ4v) is 11.1. The Labute approximate surface area is 185 Å². The van der Waals surface area contributed by atoms with Gasteiger partial charge in [0.25, 0.3) is 0 Å². The molecule has 0 N–H and O–H groups in total. The van der Waals surface area contributed by atoms with Crippen LogP contribution in [-0.4, -0.2) is 8.07 Å². The van der Waals surface area contributed by atoms with E-state index >= 15 is 0 Å². The first-order chi connectivity index (χ1) is 15.4. The lowest BCUT2D eigenvalue weighted by Gasteiger charge is -2.39. The van der Waals surface area contributed by atoms with Crippen LogP contribution in [0.3, 0.4) is 0 Å². The molecular weight excluding hydrogens is 388 g/mol. The summed E-state index contributed by atoms with van der Waals surface area (Å²) in [6.45, 7) is 0. The van der Waals surface area contributed by atoms with E-state index in [4.69, 9.17) is 0 Å². The summed E-state index contributed by atoms with van der Waals surface area (Å²) in [6.07, 6.45) is 10.3. The van der Waals surface area contributed by atoms with Crippen molar-refractivity contribution in [2.24, 2.45) is 0 Å². The summed E-state index contributed by atoms with van der Waals surface area (Å²) in [5.74, 6) is 0. The SMILES string of the molecule is C1=CC([Si](c2ccccc2)(c2ccccc2)c2cccc3c2Cc2ccccc2-3)C=C1. The maximum absolute atomic E-state index is 2.43. The molecule has 0 aliphatic heterocycles. The summed E-state index contributed by atoms with van der Waals surface area (Å²) in [4.78, 5) is 0. The van der Waals surface area contributed by atoms with E-state index in [2.05, 4.69) is 127 Å². The first-order valence-corrected chi connectivity index (χ1v) is 13.1. The number of fused-ring (bicyclic) bond motifs is 3. The third kappa shape index (κ3) is 2.74. The number of benzene rings is 4. The summed E-state index contributed by atoms with van der Waals surface area (Å²) >= 11 is 0. The molecule has 0 nitrogen and oxygen atoms in total. The highest BCUT2D eigenvalue weighted by molar-refractivity contribution is 7.13. The van der Waals surface area contributed by atoms with Crippen LogP contribution >= 0.6 is 0 Å². The predicted octanol–water partition coefficient (Wildman–Crippen LogP) is 5.22. The molecule has 0 bridgehead atoms. The van der Waals surface area contributed by atoms with Gasteiger partial charge in [-0.05, 0) is 44.2 Å². The molecule has 0 atom stereocenters. The first kappa shape index (κ1) is 18.4. The summed E-state index contributed by atoms with van der Waals surface area (Å²) in [5, 5.41) is 4.51. The number of hydrogen-bond donors (Lipinski definition) is 0. The molecule has 4 aromatic carbocycles. The molecule has 0 radical (unpaired) electrons. The smallest absolute Gasteiger partial charge is 0.0793 e. The summed E-state index contributed by atoms with van der Waals surface area (Å²) in [6, 6.07) is 38.5.